The van der Waals surface area contributed by atoms with Crippen molar-refractivity contribution in [3.8, 4) is 0 Å². The van der Waals surface area contributed by atoms with Crippen LogP contribution in [0.2, 0.25) is 0 Å². The zero-order chi connectivity index (χ0) is 12.7. The molecule has 1 atom stereocenters. The Morgan fingerprint density at radius 1 is 1.35 bits per heavy atom. The predicted octanol–water partition coefficient (Wildman–Crippen LogP) is 2.06. The summed E-state index contributed by atoms with van der Waals surface area (Å²) < 4.78 is 23.8. The topological polar surface area (TPSA) is 30.5 Å². The van der Waals surface area contributed by atoms with Crippen LogP contribution < -0.4 is 5.32 Å². The number of rotatable bonds is 7. The lowest BCUT2D eigenvalue weighted by molar-refractivity contribution is 0.0596. The van der Waals surface area contributed by atoms with Gasteiger partial charge in [0.1, 0.15) is 5.82 Å². The molecule has 17 heavy (non-hydrogen) atoms. The lowest BCUT2D eigenvalue weighted by Crippen LogP contribution is -2.22. The van der Waals surface area contributed by atoms with Crippen molar-refractivity contribution in [2.45, 2.75) is 13.0 Å². The smallest absolute Gasteiger partial charge is 0.126 e. The maximum absolute atomic E-state index is 13.4. The highest BCUT2D eigenvalue weighted by molar-refractivity contribution is 5.25. The molecule has 0 aromatic heterocycles. The Kier molecular flexibility index (Phi) is 6.11. The van der Waals surface area contributed by atoms with E-state index in [4.69, 9.17) is 9.47 Å². The van der Waals surface area contributed by atoms with E-state index in [9.17, 15) is 4.39 Å². The van der Waals surface area contributed by atoms with E-state index in [-0.39, 0.29) is 11.9 Å². The molecule has 0 saturated heterocycles. The van der Waals surface area contributed by atoms with Gasteiger partial charge in [0.2, 0.25) is 0 Å². The van der Waals surface area contributed by atoms with E-state index in [0.29, 0.717) is 25.4 Å². The van der Waals surface area contributed by atoms with Crippen LogP contribution in [0.3, 0.4) is 0 Å². The number of methoxy groups -OCH3 is 1. The van der Waals surface area contributed by atoms with Gasteiger partial charge in [-0.05, 0) is 31.2 Å². The Morgan fingerprint density at radius 2 is 2.12 bits per heavy atom. The Bertz CT molecular complexity index is 344. The molecule has 0 fully saturated rings. The second kappa shape index (κ2) is 7.37. The molecule has 0 amide bonds. The molecule has 4 heteroatoms. The first-order chi connectivity index (χ1) is 8.19. The number of ether oxygens (including phenoxy) is 2. The molecule has 0 spiro atoms. The molecule has 0 bridgehead atoms. The number of hydrogen-bond donors (Lipinski definition) is 1. The Morgan fingerprint density at radius 3 is 2.71 bits per heavy atom. The summed E-state index contributed by atoms with van der Waals surface area (Å²) in [5, 5.41) is 3.11. The first-order valence-corrected chi connectivity index (χ1v) is 5.69. The summed E-state index contributed by atoms with van der Waals surface area (Å²) in [7, 11) is 3.47. The number of hydrogen-bond acceptors (Lipinski definition) is 3. The molecule has 0 aliphatic carbocycles. The second-order valence-electron chi connectivity index (χ2n) is 3.92. The average Bonchev–Trinajstić information content (AvgIpc) is 2.33. The molecule has 0 aliphatic rings. The zero-order valence-corrected chi connectivity index (χ0v) is 10.6. The van der Waals surface area contributed by atoms with Crippen LogP contribution in [0.25, 0.3) is 0 Å². The average molecular weight is 241 g/mol. The van der Waals surface area contributed by atoms with Gasteiger partial charge < -0.3 is 14.8 Å². The van der Waals surface area contributed by atoms with Crippen LogP contribution in [0.5, 0.6) is 0 Å². The van der Waals surface area contributed by atoms with Crippen LogP contribution in [-0.4, -0.2) is 34.0 Å². The third-order valence-electron chi connectivity index (χ3n) is 2.66. The van der Waals surface area contributed by atoms with Gasteiger partial charge in [-0.1, -0.05) is 12.1 Å². The minimum atomic E-state index is -0.181. The molecule has 0 radical (unpaired) electrons. The highest BCUT2D eigenvalue weighted by Gasteiger charge is 2.10. The second-order valence-corrected chi connectivity index (χ2v) is 3.92. The highest BCUT2D eigenvalue weighted by atomic mass is 19.1. The Labute approximate surface area is 102 Å². The van der Waals surface area contributed by atoms with Gasteiger partial charge in [-0.25, -0.2) is 4.39 Å². The zero-order valence-electron chi connectivity index (χ0n) is 10.6. The van der Waals surface area contributed by atoms with Crippen LogP contribution in [0.4, 0.5) is 4.39 Å². The highest BCUT2D eigenvalue weighted by Crippen LogP contribution is 2.16. The van der Waals surface area contributed by atoms with Gasteiger partial charge in [0, 0.05) is 7.11 Å². The quantitative estimate of drug-likeness (QED) is 0.741. The number of aryl methyl sites for hydroxylation is 1. The predicted molar refractivity (Wildman–Crippen MR) is 65.6 cm³/mol. The summed E-state index contributed by atoms with van der Waals surface area (Å²) in [6.45, 7) is 3.37. The standard InChI is InChI=1S/C13H20FNO2/c1-10-4-5-11(8-12(10)14)13(15-2)9-17-7-6-16-3/h4-5,8,13,15H,6-7,9H2,1-3H3. The van der Waals surface area contributed by atoms with E-state index in [0.717, 1.165) is 5.56 Å². The fourth-order valence-corrected chi connectivity index (χ4v) is 1.52. The summed E-state index contributed by atoms with van der Waals surface area (Å²) in [5.74, 6) is -0.181. The number of benzene rings is 1. The first kappa shape index (κ1) is 14.1. The van der Waals surface area contributed by atoms with Crippen LogP contribution in [0, 0.1) is 12.7 Å². The van der Waals surface area contributed by atoms with Crippen LogP contribution in [-0.2, 0) is 9.47 Å². The van der Waals surface area contributed by atoms with Crippen molar-refractivity contribution in [1.82, 2.24) is 5.32 Å². The van der Waals surface area contributed by atoms with Gasteiger partial charge in [-0.2, -0.15) is 0 Å². The molecule has 1 N–H and O–H groups in total. The van der Waals surface area contributed by atoms with Gasteiger partial charge in [0.25, 0.3) is 0 Å². The Hall–Kier alpha value is -0.970. The lowest BCUT2D eigenvalue weighted by atomic mass is 10.1. The Balaban J connectivity index is 2.56. The summed E-state index contributed by atoms with van der Waals surface area (Å²) in [4.78, 5) is 0. The van der Waals surface area contributed by atoms with Crippen LogP contribution in [0.1, 0.15) is 17.2 Å². The van der Waals surface area contributed by atoms with Gasteiger partial charge in [0.15, 0.2) is 0 Å². The van der Waals surface area contributed by atoms with E-state index in [1.165, 1.54) is 0 Å². The monoisotopic (exact) mass is 241 g/mol. The van der Waals surface area contributed by atoms with Crippen LogP contribution >= 0.6 is 0 Å². The summed E-state index contributed by atoms with van der Waals surface area (Å²) in [6, 6.07) is 5.25. The van der Waals surface area contributed by atoms with Crippen molar-refractivity contribution in [2.75, 3.05) is 34.0 Å². The normalized spacial score (nSPS) is 12.7. The molecule has 1 rings (SSSR count). The molecule has 0 aliphatic heterocycles. The van der Waals surface area contributed by atoms with Crippen molar-refractivity contribution in [3.05, 3.63) is 35.1 Å². The first-order valence-electron chi connectivity index (χ1n) is 5.69. The maximum atomic E-state index is 13.4. The van der Waals surface area contributed by atoms with Crippen molar-refractivity contribution in [1.29, 1.82) is 0 Å². The number of halogens is 1. The molecule has 96 valence electrons. The summed E-state index contributed by atoms with van der Waals surface area (Å²) >= 11 is 0. The van der Waals surface area contributed by atoms with E-state index >= 15 is 0 Å². The molecule has 0 heterocycles. The van der Waals surface area contributed by atoms with Gasteiger partial charge in [-0.15, -0.1) is 0 Å². The molecule has 1 aromatic carbocycles. The molecular formula is C13H20FNO2. The fraction of sp³-hybridized carbons (Fsp3) is 0.538. The van der Waals surface area contributed by atoms with Gasteiger partial charge >= 0.3 is 0 Å². The van der Waals surface area contributed by atoms with E-state index < -0.39 is 0 Å². The van der Waals surface area contributed by atoms with E-state index in [1.54, 1.807) is 26.2 Å². The van der Waals surface area contributed by atoms with Crippen molar-refractivity contribution in [2.24, 2.45) is 0 Å². The minimum Gasteiger partial charge on any atom is -0.382 e. The third kappa shape index (κ3) is 4.42. The summed E-state index contributed by atoms with van der Waals surface area (Å²) in [6.07, 6.45) is 0. The molecule has 3 nitrogen and oxygen atoms in total. The lowest BCUT2D eigenvalue weighted by Gasteiger charge is -2.17. The molecular weight excluding hydrogens is 221 g/mol. The fourth-order valence-electron chi connectivity index (χ4n) is 1.52. The molecule has 0 saturated carbocycles. The van der Waals surface area contributed by atoms with E-state index in [1.807, 2.05) is 13.1 Å². The SMILES string of the molecule is CNC(COCCOC)c1ccc(C)c(F)c1. The maximum Gasteiger partial charge on any atom is 0.126 e. The van der Waals surface area contributed by atoms with Gasteiger partial charge in [-0.3, -0.25) is 0 Å². The van der Waals surface area contributed by atoms with Gasteiger partial charge in [0.05, 0.1) is 25.9 Å². The molecule has 1 aromatic rings. The molecule has 1 unspecified atom stereocenters. The van der Waals surface area contributed by atoms with Crippen LogP contribution in [0.15, 0.2) is 18.2 Å². The number of nitrogens with one attached hydrogen (secondary N) is 1. The van der Waals surface area contributed by atoms with Crippen molar-refractivity contribution in [3.63, 3.8) is 0 Å². The van der Waals surface area contributed by atoms with Crippen molar-refractivity contribution < 1.29 is 13.9 Å². The summed E-state index contributed by atoms with van der Waals surface area (Å²) in [5.41, 5.74) is 1.55. The largest absolute Gasteiger partial charge is 0.382 e. The third-order valence-corrected chi connectivity index (χ3v) is 2.66. The number of likely N-dealkylation sites (N-methyl/N-ethyl adjacent to an activating group) is 1. The van der Waals surface area contributed by atoms with E-state index in [2.05, 4.69) is 5.32 Å². The minimum absolute atomic E-state index is 0.00181. The van der Waals surface area contributed by atoms with Crippen molar-refractivity contribution >= 4 is 0 Å².